The van der Waals surface area contributed by atoms with Crippen molar-refractivity contribution in [3.63, 3.8) is 0 Å². The first-order valence-corrected chi connectivity index (χ1v) is 8.44. The molecule has 3 aliphatic rings. The number of rotatable bonds is 5. The van der Waals surface area contributed by atoms with E-state index in [1.54, 1.807) is 0 Å². The second-order valence-corrected chi connectivity index (χ2v) is 7.13. The summed E-state index contributed by atoms with van der Waals surface area (Å²) >= 11 is 2.29. The zero-order valence-electron chi connectivity index (χ0n) is 11.9. The van der Waals surface area contributed by atoms with E-state index in [4.69, 9.17) is 14.2 Å². The molecule has 0 aromatic heterocycles. The number of benzene rings is 1. The van der Waals surface area contributed by atoms with Crippen molar-refractivity contribution >= 4 is 22.6 Å². The Morgan fingerprint density at radius 2 is 1.60 bits per heavy atom. The highest BCUT2D eigenvalue weighted by Crippen LogP contribution is 2.46. The van der Waals surface area contributed by atoms with Crippen LogP contribution in [0.4, 0.5) is 0 Å². The van der Waals surface area contributed by atoms with Crippen LogP contribution in [-0.2, 0) is 20.2 Å². The summed E-state index contributed by atoms with van der Waals surface area (Å²) in [5.74, 6) is -0.961. The van der Waals surface area contributed by atoms with Gasteiger partial charge in [0.05, 0.1) is 19.8 Å². The van der Waals surface area contributed by atoms with Gasteiger partial charge in [0.25, 0.3) is 0 Å². The van der Waals surface area contributed by atoms with Crippen LogP contribution in [0.1, 0.15) is 38.2 Å². The summed E-state index contributed by atoms with van der Waals surface area (Å²) in [5.41, 5.74) is 1.03. The Hall–Kier alpha value is -0.170. The van der Waals surface area contributed by atoms with Crippen LogP contribution in [0.15, 0.2) is 24.3 Å². The predicted octanol–water partition coefficient (Wildman–Crippen LogP) is 4.05. The average Bonchev–Trinajstić information content (AvgIpc) is 2.50. The zero-order chi connectivity index (χ0) is 14.1. The maximum absolute atomic E-state index is 5.98. The smallest absolute Gasteiger partial charge is 0.312 e. The number of fused-ring (bicyclic) bond motifs is 3. The molecule has 0 unspecified atom stereocenters. The van der Waals surface area contributed by atoms with Crippen molar-refractivity contribution in [1.29, 1.82) is 0 Å². The summed E-state index contributed by atoms with van der Waals surface area (Å²) in [6.45, 7) is 4.44. The van der Waals surface area contributed by atoms with Crippen molar-refractivity contribution < 1.29 is 14.2 Å². The lowest BCUT2D eigenvalue weighted by Gasteiger charge is -2.52. The zero-order valence-corrected chi connectivity index (χ0v) is 14.0. The fourth-order valence-corrected chi connectivity index (χ4v) is 3.22. The van der Waals surface area contributed by atoms with E-state index < -0.39 is 5.97 Å². The lowest BCUT2D eigenvalue weighted by Crippen LogP contribution is -2.58. The molecule has 3 saturated heterocycles. The molecule has 110 valence electrons. The van der Waals surface area contributed by atoms with Gasteiger partial charge in [-0.3, -0.25) is 0 Å². The van der Waals surface area contributed by atoms with Crippen LogP contribution in [0.3, 0.4) is 0 Å². The number of ether oxygens (including phenoxy) is 3. The van der Waals surface area contributed by atoms with E-state index in [9.17, 15) is 0 Å². The Balaban J connectivity index is 1.68. The molecule has 1 aromatic carbocycles. The molecule has 0 saturated carbocycles. The van der Waals surface area contributed by atoms with Gasteiger partial charge in [-0.2, -0.15) is 0 Å². The van der Waals surface area contributed by atoms with Crippen molar-refractivity contribution in [2.75, 3.05) is 19.8 Å². The minimum Gasteiger partial charge on any atom is -0.323 e. The SMILES string of the molecule is CCCCCC12COC(c3ccc(I)cc3)(OC1)OC2. The highest BCUT2D eigenvalue weighted by Gasteiger charge is 2.53. The first-order valence-electron chi connectivity index (χ1n) is 7.36. The molecule has 20 heavy (non-hydrogen) atoms. The van der Waals surface area contributed by atoms with Gasteiger partial charge in [-0.25, -0.2) is 0 Å². The third-order valence-corrected chi connectivity index (χ3v) is 4.93. The first kappa shape index (κ1) is 14.8. The van der Waals surface area contributed by atoms with Crippen LogP contribution in [0, 0.1) is 8.99 Å². The lowest BCUT2D eigenvalue weighted by atomic mass is 9.83. The van der Waals surface area contributed by atoms with Gasteiger partial charge >= 0.3 is 5.97 Å². The summed E-state index contributed by atoms with van der Waals surface area (Å²) < 4.78 is 19.1. The molecule has 0 spiro atoms. The summed E-state index contributed by atoms with van der Waals surface area (Å²) in [4.78, 5) is 0. The molecule has 3 heterocycles. The topological polar surface area (TPSA) is 27.7 Å². The van der Waals surface area contributed by atoms with E-state index in [0.29, 0.717) is 0 Å². The molecule has 0 radical (unpaired) electrons. The summed E-state index contributed by atoms with van der Waals surface area (Å²) in [5, 5.41) is 0. The maximum atomic E-state index is 5.98. The van der Waals surface area contributed by atoms with Gasteiger partial charge in [0.1, 0.15) is 0 Å². The quantitative estimate of drug-likeness (QED) is 0.563. The van der Waals surface area contributed by atoms with E-state index in [-0.39, 0.29) is 5.41 Å². The van der Waals surface area contributed by atoms with Gasteiger partial charge in [-0.15, -0.1) is 0 Å². The lowest BCUT2D eigenvalue weighted by molar-refractivity contribution is -0.480. The molecule has 3 nitrogen and oxygen atoms in total. The minimum atomic E-state index is -0.961. The van der Waals surface area contributed by atoms with E-state index in [1.165, 1.54) is 22.8 Å². The molecule has 3 fully saturated rings. The van der Waals surface area contributed by atoms with Gasteiger partial charge < -0.3 is 14.2 Å². The molecule has 0 atom stereocenters. The van der Waals surface area contributed by atoms with Crippen molar-refractivity contribution in [2.24, 2.45) is 5.41 Å². The summed E-state index contributed by atoms with van der Waals surface area (Å²) in [6.07, 6.45) is 4.86. The van der Waals surface area contributed by atoms with Crippen LogP contribution in [-0.4, -0.2) is 19.8 Å². The molecular formula is C16H21IO3. The molecule has 4 rings (SSSR count). The highest BCUT2D eigenvalue weighted by molar-refractivity contribution is 14.1. The van der Waals surface area contributed by atoms with Gasteiger partial charge in [0.15, 0.2) is 0 Å². The molecule has 2 bridgehead atoms. The van der Waals surface area contributed by atoms with E-state index in [2.05, 4.69) is 41.6 Å². The standard InChI is InChI=1S/C16H21IO3/c1-2-3-4-9-15-10-18-16(19-11-15,20-12-15)13-5-7-14(17)8-6-13/h5-8H,2-4,9-12H2,1H3. The van der Waals surface area contributed by atoms with Gasteiger partial charge in [-0.05, 0) is 53.3 Å². The molecular weight excluding hydrogens is 367 g/mol. The maximum Gasteiger partial charge on any atom is 0.312 e. The number of halogens is 1. The molecule has 3 aliphatic heterocycles. The van der Waals surface area contributed by atoms with Gasteiger partial charge in [-0.1, -0.05) is 26.2 Å². The molecule has 1 aromatic rings. The van der Waals surface area contributed by atoms with E-state index in [1.807, 2.05) is 12.1 Å². The second-order valence-electron chi connectivity index (χ2n) is 5.89. The fourth-order valence-electron chi connectivity index (χ4n) is 2.86. The van der Waals surface area contributed by atoms with Crippen molar-refractivity contribution in [1.82, 2.24) is 0 Å². The van der Waals surface area contributed by atoms with E-state index >= 15 is 0 Å². The Morgan fingerprint density at radius 1 is 1.00 bits per heavy atom. The minimum absolute atomic E-state index is 0.0696. The normalized spacial score (nSPS) is 32.5. The average molecular weight is 388 g/mol. The second kappa shape index (κ2) is 5.91. The van der Waals surface area contributed by atoms with Crippen molar-refractivity contribution in [3.8, 4) is 0 Å². The van der Waals surface area contributed by atoms with Crippen LogP contribution >= 0.6 is 22.6 Å². The number of hydrogen-bond donors (Lipinski definition) is 0. The van der Waals surface area contributed by atoms with Crippen LogP contribution in [0.2, 0.25) is 0 Å². The highest BCUT2D eigenvalue weighted by atomic mass is 127. The third kappa shape index (κ3) is 2.75. The predicted molar refractivity (Wildman–Crippen MR) is 85.3 cm³/mol. The third-order valence-electron chi connectivity index (χ3n) is 4.21. The number of hydrogen-bond acceptors (Lipinski definition) is 3. The fraction of sp³-hybridized carbons (Fsp3) is 0.625. The Morgan fingerprint density at radius 3 is 2.15 bits per heavy atom. The largest absolute Gasteiger partial charge is 0.323 e. The Labute approximate surface area is 134 Å². The molecule has 0 N–H and O–H groups in total. The van der Waals surface area contributed by atoms with Crippen LogP contribution in [0.25, 0.3) is 0 Å². The van der Waals surface area contributed by atoms with E-state index in [0.717, 1.165) is 31.8 Å². The monoisotopic (exact) mass is 388 g/mol. The molecule has 4 heteroatoms. The Kier molecular flexibility index (Phi) is 4.36. The summed E-state index contributed by atoms with van der Waals surface area (Å²) in [7, 11) is 0. The van der Waals surface area contributed by atoms with Crippen molar-refractivity contribution in [2.45, 2.75) is 38.6 Å². The van der Waals surface area contributed by atoms with Crippen molar-refractivity contribution in [3.05, 3.63) is 33.4 Å². The molecule has 0 amide bonds. The van der Waals surface area contributed by atoms with Crippen LogP contribution < -0.4 is 0 Å². The summed E-state index contributed by atoms with van der Waals surface area (Å²) in [6, 6.07) is 8.16. The first-order chi connectivity index (χ1) is 9.68. The molecule has 0 aliphatic carbocycles. The van der Waals surface area contributed by atoms with Gasteiger partial charge in [0, 0.05) is 14.5 Å². The number of unbranched alkanes of at least 4 members (excludes halogenated alkanes) is 2. The van der Waals surface area contributed by atoms with Gasteiger partial charge in [0.2, 0.25) is 0 Å². The van der Waals surface area contributed by atoms with Crippen LogP contribution in [0.5, 0.6) is 0 Å². The Bertz CT molecular complexity index is 433.